The Balaban J connectivity index is 1.84. The van der Waals surface area contributed by atoms with E-state index >= 15 is 0 Å². The molecule has 31 heavy (non-hydrogen) atoms. The standard InChI is InChI=1S/C31H30/c1-21-15-17-26(24-12-8-5-7-11-23(24)3)29(19-21)31(4)28-14-10-6-9-13-25(28)27-18-16-22(2)20-30(27)31/h5-6,8-9,11-20H,7,10H2,1-4H3. The number of hydrogen-bond donors (Lipinski definition) is 0. The Morgan fingerprint density at radius 2 is 1.23 bits per heavy atom. The van der Waals surface area contributed by atoms with E-state index in [0.717, 1.165) is 12.8 Å². The number of hydrogen-bond acceptors (Lipinski definition) is 0. The van der Waals surface area contributed by atoms with Gasteiger partial charge in [0.15, 0.2) is 0 Å². The number of rotatable bonds is 2. The molecule has 3 aliphatic carbocycles. The van der Waals surface area contributed by atoms with Crippen LogP contribution in [0.25, 0.3) is 11.1 Å². The van der Waals surface area contributed by atoms with E-state index in [-0.39, 0.29) is 5.41 Å². The lowest BCUT2D eigenvalue weighted by Crippen LogP contribution is -2.25. The van der Waals surface area contributed by atoms with Crippen LogP contribution in [-0.4, -0.2) is 0 Å². The third-order valence-corrected chi connectivity index (χ3v) is 7.08. The molecule has 5 rings (SSSR count). The predicted molar refractivity (Wildman–Crippen MR) is 134 cm³/mol. The quantitative estimate of drug-likeness (QED) is 0.475. The minimum absolute atomic E-state index is 0.183. The second-order valence-electron chi connectivity index (χ2n) is 9.22. The van der Waals surface area contributed by atoms with Gasteiger partial charge in [-0.25, -0.2) is 0 Å². The lowest BCUT2D eigenvalue weighted by molar-refractivity contribution is 0.707. The Morgan fingerprint density at radius 1 is 0.677 bits per heavy atom. The van der Waals surface area contributed by atoms with Gasteiger partial charge >= 0.3 is 0 Å². The van der Waals surface area contributed by atoms with Gasteiger partial charge in [0, 0.05) is 5.41 Å². The van der Waals surface area contributed by atoms with Crippen molar-refractivity contribution < 1.29 is 0 Å². The van der Waals surface area contributed by atoms with Crippen molar-refractivity contribution in [2.24, 2.45) is 0 Å². The molecule has 0 saturated carbocycles. The van der Waals surface area contributed by atoms with Crippen LogP contribution in [0.2, 0.25) is 0 Å². The summed E-state index contributed by atoms with van der Waals surface area (Å²) in [5, 5.41) is 0. The van der Waals surface area contributed by atoms with Crippen LogP contribution < -0.4 is 0 Å². The molecule has 2 aromatic carbocycles. The molecule has 3 aliphatic rings. The fourth-order valence-electron chi connectivity index (χ4n) is 5.42. The molecule has 0 aromatic heterocycles. The first kappa shape index (κ1) is 19.8. The van der Waals surface area contributed by atoms with Crippen molar-refractivity contribution in [3.8, 4) is 0 Å². The highest BCUT2D eigenvalue weighted by Crippen LogP contribution is 2.55. The molecule has 1 unspecified atom stereocenters. The van der Waals surface area contributed by atoms with Gasteiger partial charge in [0.05, 0.1) is 0 Å². The third kappa shape index (κ3) is 3.13. The van der Waals surface area contributed by atoms with Crippen LogP contribution >= 0.6 is 0 Å². The second kappa shape index (κ2) is 7.54. The molecule has 2 aromatic rings. The topological polar surface area (TPSA) is 0 Å². The number of benzene rings is 2. The van der Waals surface area contributed by atoms with Crippen LogP contribution in [0.5, 0.6) is 0 Å². The van der Waals surface area contributed by atoms with Gasteiger partial charge in [-0.3, -0.25) is 0 Å². The summed E-state index contributed by atoms with van der Waals surface area (Å²) in [6.45, 7) is 9.11. The first-order chi connectivity index (χ1) is 15.0. The van der Waals surface area contributed by atoms with E-state index in [9.17, 15) is 0 Å². The number of fused-ring (bicyclic) bond motifs is 3. The number of allylic oxidation sites excluding steroid dienone is 12. The summed E-state index contributed by atoms with van der Waals surface area (Å²) in [6.07, 6.45) is 20.3. The van der Waals surface area contributed by atoms with Crippen molar-refractivity contribution >= 4 is 11.1 Å². The summed E-state index contributed by atoms with van der Waals surface area (Å²) < 4.78 is 0. The maximum Gasteiger partial charge on any atom is 0.0438 e. The molecule has 0 amide bonds. The van der Waals surface area contributed by atoms with Crippen molar-refractivity contribution in [2.75, 3.05) is 0 Å². The average molecular weight is 403 g/mol. The smallest absolute Gasteiger partial charge is 0.0438 e. The molecule has 0 fully saturated rings. The van der Waals surface area contributed by atoms with Crippen LogP contribution in [0.1, 0.15) is 60.1 Å². The summed E-state index contributed by atoms with van der Waals surface area (Å²) in [5.41, 5.74) is 13.5. The summed E-state index contributed by atoms with van der Waals surface area (Å²) in [5.74, 6) is 0. The van der Waals surface area contributed by atoms with E-state index < -0.39 is 0 Å². The Bertz CT molecular complexity index is 1250. The monoisotopic (exact) mass is 402 g/mol. The fraction of sp³-hybridized carbons (Fsp3) is 0.226. The molecule has 0 spiro atoms. The van der Waals surface area contributed by atoms with E-state index in [1.54, 1.807) is 0 Å². The molecule has 0 heterocycles. The van der Waals surface area contributed by atoms with Crippen LogP contribution in [0.3, 0.4) is 0 Å². The largest absolute Gasteiger partial charge is 0.0807 e. The van der Waals surface area contributed by atoms with Crippen molar-refractivity contribution in [2.45, 2.75) is 46.0 Å². The molecular weight excluding hydrogens is 372 g/mol. The van der Waals surface area contributed by atoms with Gasteiger partial charge in [0.25, 0.3) is 0 Å². The molecule has 154 valence electrons. The van der Waals surface area contributed by atoms with Crippen LogP contribution in [0.15, 0.2) is 96.2 Å². The molecule has 0 heteroatoms. The lowest BCUT2D eigenvalue weighted by Gasteiger charge is -2.32. The van der Waals surface area contributed by atoms with Gasteiger partial charge in [0.2, 0.25) is 0 Å². The van der Waals surface area contributed by atoms with E-state index in [4.69, 9.17) is 0 Å². The summed E-state index contributed by atoms with van der Waals surface area (Å²) in [7, 11) is 0. The zero-order chi connectivity index (χ0) is 21.6. The summed E-state index contributed by atoms with van der Waals surface area (Å²) in [4.78, 5) is 0. The van der Waals surface area contributed by atoms with Crippen molar-refractivity contribution in [1.82, 2.24) is 0 Å². The SMILES string of the molecule is CC1=CCC=CC=C1c1ccc(C)cc1C1(C)C2=CCC=CC=C2c2ccc(C)cc21. The third-order valence-electron chi connectivity index (χ3n) is 7.08. The van der Waals surface area contributed by atoms with Crippen molar-refractivity contribution in [1.29, 1.82) is 0 Å². The van der Waals surface area contributed by atoms with Crippen molar-refractivity contribution in [3.63, 3.8) is 0 Å². The van der Waals surface area contributed by atoms with Gasteiger partial charge in [-0.1, -0.05) is 96.1 Å². The first-order valence-corrected chi connectivity index (χ1v) is 11.3. The highest BCUT2D eigenvalue weighted by molar-refractivity contribution is 5.94. The summed E-state index contributed by atoms with van der Waals surface area (Å²) in [6, 6.07) is 14.0. The lowest BCUT2D eigenvalue weighted by atomic mass is 9.70. The van der Waals surface area contributed by atoms with Gasteiger partial charge in [-0.15, -0.1) is 0 Å². The molecule has 0 saturated heterocycles. The molecule has 0 aliphatic heterocycles. The highest BCUT2D eigenvalue weighted by Gasteiger charge is 2.44. The van der Waals surface area contributed by atoms with E-state index in [2.05, 4.69) is 113 Å². The maximum absolute atomic E-state index is 2.45. The van der Waals surface area contributed by atoms with Gasteiger partial charge in [0.1, 0.15) is 0 Å². The predicted octanol–water partition coefficient (Wildman–Crippen LogP) is 8.18. The van der Waals surface area contributed by atoms with Gasteiger partial charge in [-0.2, -0.15) is 0 Å². The van der Waals surface area contributed by atoms with E-state index in [0.29, 0.717) is 0 Å². The van der Waals surface area contributed by atoms with Crippen molar-refractivity contribution in [3.05, 3.63) is 130 Å². The van der Waals surface area contributed by atoms with Gasteiger partial charge < -0.3 is 0 Å². The second-order valence-corrected chi connectivity index (χ2v) is 9.22. The zero-order valence-corrected chi connectivity index (χ0v) is 19.0. The Hall–Kier alpha value is -3.12. The Morgan fingerprint density at radius 3 is 1.87 bits per heavy atom. The molecule has 1 atom stereocenters. The highest BCUT2D eigenvalue weighted by atomic mass is 14.5. The van der Waals surface area contributed by atoms with Crippen LogP contribution in [0.4, 0.5) is 0 Å². The van der Waals surface area contributed by atoms with E-state index in [1.165, 1.54) is 55.7 Å². The summed E-state index contributed by atoms with van der Waals surface area (Å²) >= 11 is 0. The Labute approximate surface area is 186 Å². The Kier molecular flexibility index (Phi) is 4.82. The first-order valence-electron chi connectivity index (χ1n) is 11.3. The van der Waals surface area contributed by atoms with E-state index in [1.807, 2.05) is 0 Å². The molecule has 0 N–H and O–H groups in total. The molecule has 0 nitrogen and oxygen atoms in total. The minimum Gasteiger partial charge on any atom is -0.0807 e. The maximum atomic E-state index is 2.45. The number of aryl methyl sites for hydroxylation is 2. The molecule has 0 radical (unpaired) electrons. The average Bonchev–Trinajstić information content (AvgIpc) is 3.01. The van der Waals surface area contributed by atoms with Gasteiger partial charge in [-0.05, 0) is 85.1 Å². The molecular formula is C31H30. The fourth-order valence-corrected chi connectivity index (χ4v) is 5.42. The van der Waals surface area contributed by atoms with Crippen LogP contribution in [-0.2, 0) is 5.41 Å². The molecule has 0 bridgehead atoms. The van der Waals surface area contributed by atoms with Crippen LogP contribution in [0, 0.1) is 13.8 Å². The zero-order valence-electron chi connectivity index (χ0n) is 19.0. The normalized spacial score (nSPS) is 21.9. The minimum atomic E-state index is -0.183.